The molecule has 2 heterocycles. The van der Waals surface area contributed by atoms with Crippen molar-refractivity contribution in [2.45, 2.75) is 32.4 Å². The van der Waals surface area contributed by atoms with E-state index in [-0.39, 0.29) is 5.91 Å². The van der Waals surface area contributed by atoms with Gasteiger partial charge >= 0.3 is 0 Å². The summed E-state index contributed by atoms with van der Waals surface area (Å²) in [5.74, 6) is 1.54. The number of aryl methyl sites for hydroxylation is 1. The molecule has 42 heavy (non-hydrogen) atoms. The van der Waals surface area contributed by atoms with Crippen LogP contribution in [0.15, 0.2) is 90.1 Å². The third kappa shape index (κ3) is 6.99. The number of nitrogens with zero attached hydrogens (tertiary/aromatic N) is 3. The lowest BCUT2D eigenvalue weighted by molar-refractivity contribution is -0.119. The van der Waals surface area contributed by atoms with Gasteiger partial charge in [0.1, 0.15) is 17.6 Å². The van der Waals surface area contributed by atoms with Crippen molar-refractivity contribution in [3.8, 4) is 5.75 Å². The molecule has 216 valence electrons. The number of benzene rings is 3. The lowest BCUT2D eigenvalue weighted by atomic mass is 10.00. The normalized spacial score (nSPS) is 14.7. The summed E-state index contributed by atoms with van der Waals surface area (Å²) in [5, 5.41) is 3.34. The van der Waals surface area contributed by atoms with Gasteiger partial charge in [0.2, 0.25) is 0 Å². The van der Waals surface area contributed by atoms with Crippen LogP contribution in [0, 0.1) is 10.5 Å². The number of anilines is 2. The molecule has 1 N–H and O–H groups in total. The fraction of sp³-hybridized carbons (Fsp3) is 0.265. The first-order valence-corrected chi connectivity index (χ1v) is 15.1. The smallest absolute Gasteiger partial charge is 0.252 e. The topological polar surface area (TPSA) is 76.0 Å². The van der Waals surface area contributed by atoms with Gasteiger partial charge in [0.05, 0.1) is 25.1 Å². The van der Waals surface area contributed by atoms with Gasteiger partial charge in [0, 0.05) is 47.6 Å². The summed E-state index contributed by atoms with van der Waals surface area (Å²) in [6.07, 6.45) is 3.24. The quantitative estimate of drug-likeness (QED) is 0.146. The lowest BCUT2D eigenvalue weighted by Gasteiger charge is -2.26. The summed E-state index contributed by atoms with van der Waals surface area (Å²) < 4.78 is 11.6. The minimum absolute atomic E-state index is 0.0316. The molecule has 3 aromatic carbocycles. The molecule has 7 nitrogen and oxygen atoms in total. The van der Waals surface area contributed by atoms with Crippen molar-refractivity contribution < 1.29 is 14.3 Å². The molecular formula is C34H35IN4O3. The zero-order chi connectivity index (χ0) is 29.5. The van der Waals surface area contributed by atoms with E-state index in [1.807, 2.05) is 71.8 Å². The minimum Gasteiger partial charge on any atom is -0.497 e. The van der Waals surface area contributed by atoms with Gasteiger partial charge in [-0.1, -0.05) is 36.4 Å². The third-order valence-corrected chi connectivity index (χ3v) is 8.05. The maximum absolute atomic E-state index is 14.4. The van der Waals surface area contributed by atoms with Crippen molar-refractivity contribution in [1.82, 2.24) is 4.98 Å². The number of halogens is 1. The Morgan fingerprint density at radius 3 is 2.52 bits per heavy atom. The van der Waals surface area contributed by atoms with Crippen LogP contribution < -0.4 is 15.0 Å². The SMILES string of the molecule is COCCCNc1ccc(C2=N[C@@H](Cc3ccccc3C)C(=O)N(Cc3ccc(OC)cc3)c3ccc(I)cc32)cn1. The largest absolute Gasteiger partial charge is 0.497 e. The number of pyridine rings is 1. The third-order valence-electron chi connectivity index (χ3n) is 7.38. The minimum atomic E-state index is -0.601. The summed E-state index contributed by atoms with van der Waals surface area (Å²) in [6.45, 7) is 3.97. The average Bonchev–Trinajstić information content (AvgIpc) is 3.11. The van der Waals surface area contributed by atoms with Gasteiger partial charge in [-0.15, -0.1) is 0 Å². The van der Waals surface area contributed by atoms with Crippen LogP contribution in [-0.4, -0.2) is 50.0 Å². The van der Waals surface area contributed by atoms with Gasteiger partial charge in [0.25, 0.3) is 5.91 Å². The Kier molecular flexibility index (Phi) is 9.86. The standard InChI is InChI=1S/C34H35IN4O3/c1-23-7-4-5-8-25(23)19-30-34(40)39(22-24-9-13-28(42-3)14-10-24)31-15-12-27(35)20-29(31)33(38-30)26-11-16-32(37-21-26)36-17-6-18-41-2/h4-5,7-16,20-21,30H,6,17-19,22H2,1-3H3,(H,36,37)/t30-/m0/s1. The molecule has 5 rings (SSSR count). The molecule has 1 atom stereocenters. The summed E-state index contributed by atoms with van der Waals surface area (Å²) in [5.41, 5.74) is 6.66. The average molecular weight is 675 g/mol. The number of rotatable bonds is 11. The van der Waals surface area contributed by atoms with E-state index in [1.165, 1.54) is 0 Å². The second-order valence-electron chi connectivity index (χ2n) is 10.3. The van der Waals surface area contributed by atoms with E-state index in [9.17, 15) is 4.79 Å². The van der Waals surface area contributed by atoms with Crippen LogP contribution in [0.3, 0.4) is 0 Å². The van der Waals surface area contributed by atoms with E-state index in [1.54, 1.807) is 14.2 Å². The molecule has 4 aromatic rings. The summed E-state index contributed by atoms with van der Waals surface area (Å²) in [7, 11) is 3.36. The van der Waals surface area contributed by atoms with Gasteiger partial charge in [-0.05, 0) is 95.1 Å². The van der Waals surface area contributed by atoms with Gasteiger partial charge in [-0.2, -0.15) is 0 Å². The van der Waals surface area contributed by atoms with Gasteiger partial charge in [-0.3, -0.25) is 9.79 Å². The predicted octanol–water partition coefficient (Wildman–Crippen LogP) is 6.45. The maximum Gasteiger partial charge on any atom is 0.252 e. The number of benzodiazepines with no additional fused rings is 1. The molecule has 0 aliphatic carbocycles. The van der Waals surface area contributed by atoms with Crippen LogP contribution in [0.2, 0.25) is 0 Å². The molecule has 1 aromatic heterocycles. The highest BCUT2D eigenvalue weighted by molar-refractivity contribution is 14.1. The molecule has 0 unspecified atom stereocenters. The monoisotopic (exact) mass is 674 g/mol. The number of aromatic nitrogens is 1. The summed E-state index contributed by atoms with van der Waals surface area (Å²) >= 11 is 2.32. The highest BCUT2D eigenvalue weighted by Crippen LogP contribution is 2.32. The fourth-order valence-electron chi connectivity index (χ4n) is 5.07. The Morgan fingerprint density at radius 2 is 1.81 bits per heavy atom. The number of methoxy groups -OCH3 is 2. The first kappa shape index (κ1) is 29.7. The number of ether oxygens (including phenoxy) is 2. The Labute approximate surface area is 261 Å². The first-order valence-electron chi connectivity index (χ1n) is 14.0. The van der Waals surface area contributed by atoms with Crippen molar-refractivity contribution in [2.75, 3.05) is 37.6 Å². The molecule has 0 spiro atoms. The molecule has 1 aliphatic rings. The van der Waals surface area contributed by atoms with Crippen molar-refractivity contribution in [3.63, 3.8) is 0 Å². The van der Waals surface area contributed by atoms with E-state index in [0.29, 0.717) is 19.6 Å². The number of amides is 1. The van der Waals surface area contributed by atoms with Crippen LogP contribution in [0.4, 0.5) is 11.5 Å². The number of carbonyl (C=O) groups excluding carboxylic acids is 1. The first-order chi connectivity index (χ1) is 20.5. The highest BCUT2D eigenvalue weighted by Gasteiger charge is 2.33. The molecule has 0 bridgehead atoms. The molecule has 0 saturated heterocycles. The lowest BCUT2D eigenvalue weighted by Crippen LogP contribution is -2.38. The summed E-state index contributed by atoms with van der Waals surface area (Å²) in [4.78, 5) is 26.2. The molecule has 1 amide bonds. The van der Waals surface area contributed by atoms with E-state index in [0.717, 1.165) is 67.3 Å². The molecule has 0 fully saturated rings. The van der Waals surface area contributed by atoms with E-state index < -0.39 is 6.04 Å². The predicted molar refractivity (Wildman–Crippen MR) is 177 cm³/mol. The van der Waals surface area contributed by atoms with Crippen LogP contribution in [-0.2, 0) is 22.5 Å². The van der Waals surface area contributed by atoms with Crippen LogP contribution >= 0.6 is 22.6 Å². The van der Waals surface area contributed by atoms with Crippen LogP contribution in [0.25, 0.3) is 0 Å². The van der Waals surface area contributed by atoms with Crippen molar-refractivity contribution in [2.24, 2.45) is 4.99 Å². The number of nitrogens with one attached hydrogen (secondary N) is 1. The number of hydrogen-bond acceptors (Lipinski definition) is 6. The van der Waals surface area contributed by atoms with Crippen LogP contribution in [0.1, 0.15) is 34.2 Å². The van der Waals surface area contributed by atoms with Crippen molar-refractivity contribution in [3.05, 3.63) is 116 Å². The van der Waals surface area contributed by atoms with Crippen molar-refractivity contribution >= 4 is 45.7 Å². The Hall–Kier alpha value is -3.76. The number of aliphatic imine (C=N–C) groups is 1. The highest BCUT2D eigenvalue weighted by atomic mass is 127. The zero-order valence-electron chi connectivity index (χ0n) is 24.1. The van der Waals surface area contributed by atoms with Gasteiger partial charge in [0.15, 0.2) is 0 Å². The fourth-order valence-corrected chi connectivity index (χ4v) is 5.56. The van der Waals surface area contributed by atoms with Gasteiger partial charge < -0.3 is 19.7 Å². The van der Waals surface area contributed by atoms with E-state index >= 15 is 0 Å². The molecule has 0 radical (unpaired) electrons. The second-order valence-corrected chi connectivity index (χ2v) is 11.5. The Bertz CT molecular complexity index is 1550. The summed E-state index contributed by atoms with van der Waals surface area (Å²) in [6, 6.07) is 25.6. The van der Waals surface area contributed by atoms with E-state index in [2.05, 4.69) is 58.0 Å². The molecule has 1 aliphatic heterocycles. The Balaban J connectivity index is 1.57. The number of carbonyl (C=O) groups is 1. The van der Waals surface area contributed by atoms with Gasteiger partial charge in [-0.25, -0.2) is 4.98 Å². The zero-order valence-corrected chi connectivity index (χ0v) is 26.3. The van der Waals surface area contributed by atoms with Crippen LogP contribution in [0.5, 0.6) is 5.75 Å². The number of hydrogen-bond donors (Lipinski definition) is 1. The Morgan fingerprint density at radius 1 is 1.00 bits per heavy atom. The second kappa shape index (κ2) is 13.9. The maximum atomic E-state index is 14.4. The van der Waals surface area contributed by atoms with E-state index in [4.69, 9.17) is 14.5 Å². The molecule has 0 saturated carbocycles. The number of fused-ring (bicyclic) bond motifs is 1. The van der Waals surface area contributed by atoms with Crippen molar-refractivity contribution in [1.29, 1.82) is 0 Å². The molecule has 8 heteroatoms. The molecular weight excluding hydrogens is 639 g/mol.